The van der Waals surface area contributed by atoms with Crippen LogP contribution in [0.3, 0.4) is 0 Å². The Morgan fingerprint density at radius 2 is 1.00 bits per heavy atom. The van der Waals surface area contributed by atoms with Crippen molar-refractivity contribution in [1.82, 2.24) is 0 Å². The molecular formula is C32H27ClN2O. The van der Waals surface area contributed by atoms with Gasteiger partial charge in [0.05, 0.1) is 13.2 Å². The third-order valence-corrected chi connectivity index (χ3v) is 7.03. The second-order valence-electron chi connectivity index (χ2n) is 9.03. The van der Waals surface area contributed by atoms with Crippen LogP contribution < -0.4 is 10.6 Å². The number of nitrogens with one attached hydrogen (secondary N) is 2. The molecule has 36 heavy (non-hydrogen) atoms. The van der Waals surface area contributed by atoms with Crippen LogP contribution in [0.15, 0.2) is 103 Å². The molecule has 0 spiro atoms. The molecule has 0 heterocycles. The van der Waals surface area contributed by atoms with Gasteiger partial charge in [-0.2, -0.15) is 0 Å². The van der Waals surface area contributed by atoms with Crippen LogP contribution in [0.4, 0.5) is 11.4 Å². The lowest BCUT2D eigenvalue weighted by Gasteiger charge is -2.13. The third-order valence-electron chi connectivity index (χ3n) is 6.70. The lowest BCUT2D eigenvalue weighted by molar-refractivity contribution is 0.154. The Bertz CT molecular complexity index is 1700. The molecule has 0 aromatic heterocycles. The quantitative estimate of drug-likeness (QED) is 0.166. The van der Waals surface area contributed by atoms with Crippen LogP contribution in [0.2, 0.25) is 5.02 Å². The zero-order chi connectivity index (χ0) is 24.3. The van der Waals surface area contributed by atoms with Crippen molar-refractivity contribution in [2.24, 2.45) is 0 Å². The van der Waals surface area contributed by atoms with Crippen molar-refractivity contribution in [3.63, 3.8) is 0 Å². The number of hydrogen-bond donors (Lipinski definition) is 2. The van der Waals surface area contributed by atoms with Gasteiger partial charge >= 0.3 is 0 Å². The number of rotatable bonds is 8. The van der Waals surface area contributed by atoms with Crippen LogP contribution in [0.1, 0.15) is 0 Å². The number of halogens is 1. The highest BCUT2D eigenvalue weighted by atomic mass is 35.5. The fourth-order valence-electron chi connectivity index (χ4n) is 4.91. The topological polar surface area (TPSA) is 33.3 Å². The van der Waals surface area contributed by atoms with Crippen LogP contribution in [0, 0.1) is 0 Å². The largest absolute Gasteiger partial charge is 0.382 e. The van der Waals surface area contributed by atoms with Gasteiger partial charge in [-0.3, -0.25) is 0 Å². The molecule has 6 aromatic rings. The molecule has 0 aliphatic heterocycles. The maximum Gasteiger partial charge on any atom is 0.0639 e. The molecule has 0 saturated carbocycles. The maximum absolute atomic E-state index is 6.44. The zero-order valence-corrected chi connectivity index (χ0v) is 20.7. The molecule has 0 bridgehead atoms. The van der Waals surface area contributed by atoms with E-state index in [1.54, 1.807) is 0 Å². The molecule has 0 aliphatic carbocycles. The molecule has 178 valence electrons. The average molecular weight is 491 g/mol. The van der Waals surface area contributed by atoms with E-state index in [1.807, 2.05) is 12.1 Å². The van der Waals surface area contributed by atoms with E-state index in [1.165, 1.54) is 32.3 Å². The van der Waals surface area contributed by atoms with E-state index >= 15 is 0 Å². The number of benzene rings is 6. The summed E-state index contributed by atoms with van der Waals surface area (Å²) in [6.07, 6.45) is 0. The lowest BCUT2D eigenvalue weighted by atomic mass is 10.0. The predicted molar refractivity (Wildman–Crippen MR) is 156 cm³/mol. The summed E-state index contributed by atoms with van der Waals surface area (Å²) in [6, 6.07) is 36.1. The van der Waals surface area contributed by atoms with Crippen LogP contribution in [-0.2, 0) is 4.74 Å². The molecular weight excluding hydrogens is 464 g/mol. The van der Waals surface area contributed by atoms with Gasteiger partial charge in [0.15, 0.2) is 0 Å². The van der Waals surface area contributed by atoms with Crippen LogP contribution in [0.25, 0.3) is 43.1 Å². The van der Waals surface area contributed by atoms with Gasteiger partial charge in [-0.25, -0.2) is 0 Å². The highest BCUT2D eigenvalue weighted by Crippen LogP contribution is 2.32. The monoisotopic (exact) mass is 490 g/mol. The summed E-state index contributed by atoms with van der Waals surface area (Å²) in [4.78, 5) is 0. The van der Waals surface area contributed by atoms with Crippen molar-refractivity contribution in [3.05, 3.63) is 108 Å². The fraction of sp³-hybridized carbons (Fsp3) is 0.125. The normalized spacial score (nSPS) is 11.5. The maximum atomic E-state index is 6.44. The first-order chi connectivity index (χ1) is 17.8. The van der Waals surface area contributed by atoms with Crippen molar-refractivity contribution >= 4 is 66.1 Å². The summed E-state index contributed by atoms with van der Waals surface area (Å²) in [5, 5.41) is 17.5. The summed E-state index contributed by atoms with van der Waals surface area (Å²) in [5.74, 6) is 0. The third kappa shape index (κ3) is 4.56. The molecule has 6 aromatic carbocycles. The highest BCUT2D eigenvalue weighted by Gasteiger charge is 2.06. The standard InChI is InChI=1S/C32H27ClN2O/c33-30-11-3-8-24-19-26-10-5-13-32(29(26)21-27(24)30)35-15-17-36-16-14-34-31-12-4-9-25-18-22-6-1-2-7-23(22)20-28(25)31/h1-13,18-21,34-35H,14-17H2. The van der Waals surface area contributed by atoms with E-state index in [-0.39, 0.29) is 0 Å². The first-order valence-electron chi connectivity index (χ1n) is 12.3. The van der Waals surface area contributed by atoms with Gasteiger partial charge in [-0.05, 0) is 69.4 Å². The van der Waals surface area contributed by atoms with E-state index in [2.05, 4.69) is 102 Å². The number of hydrogen-bond acceptors (Lipinski definition) is 3. The molecule has 2 N–H and O–H groups in total. The molecule has 0 fully saturated rings. The Kier molecular flexibility index (Phi) is 6.33. The van der Waals surface area contributed by atoms with Crippen LogP contribution in [0.5, 0.6) is 0 Å². The average Bonchev–Trinajstić information content (AvgIpc) is 2.91. The first kappa shape index (κ1) is 22.7. The molecule has 0 saturated heterocycles. The number of ether oxygens (including phenoxy) is 1. The Balaban J connectivity index is 1.05. The van der Waals surface area contributed by atoms with E-state index < -0.39 is 0 Å². The Morgan fingerprint density at radius 1 is 0.500 bits per heavy atom. The van der Waals surface area contributed by atoms with Crippen molar-refractivity contribution < 1.29 is 4.74 Å². The van der Waals surface area contributed by atoms with E-state index in [0.717, 1.165) is 40.3 Å². The van der Waals surface area contributed by atoms with E-state index in [9.17, 15) is 0 Å². The molecule has 3 nitrogen and oxygen atoms in total. The molecule has 0 radical (unpaired) electrons. The Labute approximate surface area is 215 Å². The molecule has 6 rings (SSSR count). The minimum Gasteiger partial charge on any atom is -0.382 e. The fourth-order valence-corrected chi connectivity index (χ4v) is 5.14. The molecule has 4 heteroatoms. The van der Waals surface area contributed by atoms with Gasteiger partial charge in [0, 0.05) is 45.6 Å². The summed E-state index contributed by atoms with van der Waals surface area (Å²) in [5.41, 5.74) is 2.24. The Hall–Kier alpha value is -3.79. The van der Waals surface area contributed by atoms with Gasteiger partial charge < -0.3 is 15.4 Å². The minimum atomic E-state index is 0.632. The smallest absolute Gasteiger partial charge is 0.0639 e. The second-order valence-corrected chi connectivity index (χ2v) is 9.44. The molecule has 0 unspecified atom stereocenters. The zero-order valence-electron chi connectivity index (χ0n) is 19.9. The lowest BCUT2D eigenvalue weighted by Crippen LogP contribution is -2.14. The summed E-state index contributed by atoms with van der Waals surface area (Å²) < 4.78 is 5.91. The highest BCUT2D eigenvalue weighted by molar-refractivity contribution is 6.36. The van der Waals surface area contributed by atoms with Crippen molar-refractivity contribution in [2.45, 2.75) is 0 Å². The SMILES string of the molecule is Clc1cccc2cc3cccc(NCCOCCNc4cccc5cc6ccccc6cc45)c3cc12. The number of fused-ring (bicyclic) bond motifs is 4. The predicted octanol–water partition coefficient (Wildman–Crippen LogP) is 8.49. The number of anilines is 2. The van der Waals surface area contributed by atoms with Gasteiger partial charge in [-0.1, -0.05) is 72.3 Å². The molecule has 0 amide bonds. The van der Waals surface area contributed by atoms with Crippen LogP contribution in [-0.4, -0.2) is 26.3 Å². The second kappa shape index (κ2) is 10.1. The molecule has 0 atom stereocenters. The first-order valence-corrected chi connectivity index (χ1v) is 12.7. The van der Waals surface area contributed by atoms with E-state index in [4.69, 9.17) is 16.3 Å². The van der Waals surface area contributed by atoms with Gasteiger partial charge in [-0.15, -0.1) is 0 Å². The van der Waals surface area contributed by atoms with E-state index in [0.29, 0.717) is 13.2 Å². The van der Waals surface area contributed by atoms with Crippen molar-refractivity contribution in [3.8, 4) is 0 Å². The molecule has 0 aliphatic rings. The Morgan fingerprint density at radius 3 is 1.67 bits per heavy atom. The van der Waals surface area contributed by atoms with Crippen molar-refractivity contribution in [2.75, 3.05) is 36.9 Å². The van der Waals surface area contributed by atoms with Gasteiger partial charge in [0.2, 0.25) is 0 Å². The minimum absolute atomic E-state index is 0.632. The van der Waals surface area contributed by atoms with Crippen LogP contribution >= 0.6 is 11.6 Å². The summed E-state index contributed by atoms with van der Waals surface area (Å²) >= 11 is 6.44. The van der Waals surface area contributed by atoms with Gasteiger partial charge in [0.25, 0.3) is 0 Å². The summed E-state index contributed by atoms with van der Waals surface area (Å²) in [6.45, 7) is 2.76. The van der Waals surface area contributed by atoms with Crippen molar-refractivity contribution in [1.29, 1.82) is 0 Å². The van der Waals surface area contributed by atoms with Gasteiger partial charge in [0.1, 0.15) is 0 Å². The summed E-state index contributed by atoms with van der Waals surface area (Å²) in [7, 11) is 0.